The summed E-state index contributed by atoms with van der Waals surface area (Å²) >= 11 is 3.56. The molecule has 0 bridgehead atoms. The normalized spacial score (nSPS) is 12.7. The fourth-order valence-electron chi connectivity index (χ4n) is 1.95. The van der Waals surface area contributed by atoms with Gasteiger partial charge < -0.3 is 5.73 Å². The fraction of sp³-hybridized carbons (Fsp3) is 0.385. The molecule has 96 valence electrons. The van der Waals surface area contributed by atoms with Crippen molar-refractivity contribution in [3.63, 3.8) is 0 Å². The molecular weight excluding hydrogens is 292 g/mol. The third-order valence-electron chi connectivity index (χ3n) is 2.95. The second-order valence-corrected chi connectivity index (χ2v) is 5.18. The molecule has 0 amide bonds. The number of nitrogens with zero attached hydrogens (tertiary/aromatic N) is 3. The third-order valence-corrected chi connectivity index (χ3v) is 3.64. The standard InChI is InChI=1S/C13H17BrN4/c1-3-18-13(16-8-17-18)7-12(15)10-5-4-9(2)6-11(10)14/h4-6,8,12H,3,7,15H2,1-2H3. The molecule has 1 unspecified atom stereocenters. The second-order valence-electron chi connectivity index (χ2n) is 4.33. The van der Waals surface area contributed by atoms with Crippen molar-refractivity contribution in [1.82, 2.24) is 14.8 Å². The van der Waals surface area contributed by atoms with E-state index in [1.54, 1.807) is 6.33 Å². The van der Waals surface area contributed by atoms with Gasteiger partial charge >= 0.3 is 0 Å². The van der Waals surface area contributed by atoms with Gasteiger partial charge in [-0.2, -0.15) is 5.10 Å². The largest absolute Gasteiger partial charge is 0.324 e. The smallest absolute Gasteiger partial charge is 0.138 e. The van der Waals surface area contributed by atoms with Crippen molar-refractivity contribution in [2.45, 2.75) is 32.9 Å². The van der Waals surface area contributed by atoms with Crippen molar-refractivity contribution in [1.29, 1.82) is 0 Å². The lowest BCUT2D eigenvalue weighted by Gasteiger charge is -2.14. The lowest BCUT2D eigenvalue weighted by atomic mass is 10.0. The Morgan fingerprint density at radius 3 is 2.89 bits per heavy atom. The number of aryl methyl sites for hydroxylation is 2. The van der Waals surface area contributed by atoms with Gasteiger partial charge in [-0.3, -0.25) is 4.68 Å². The topological polar surface area (TPSA) is 56.7 Å². The number of benzene rings is 1. The van der Waals surface area contributed by atoms with E-state index in [2.05, 4.69) is 51.1 Å². The van der Waals surface area contributed by atoms with Crippen molar-refractivity contribution in [3.05, 3.63) is 46.0 Å². The summed E-state index contributed by atoms with van der Waals surface area (Å²) in [7, 11) is 0. The predicted molar refractivity (Wildman–Crippen MR) is 75.2 cm³/mol. The average molecular weight is 309 g/mol. The van der Waals surface area contributed by atoms with Crippen LogP contribution in [0.2, 0.25) is 0 Å². The molecule has 2 N–H and O–H groups in total. The summed E-state index contributed by atoms with van der Waals surface area (Å²) in [5.74, 6) is 0.928. The van der Waals surface area contributed by atoms with E-state index in [0.717, 1.165) is 22.4 Å². The lowest BCUT2D eigenvalue weighted by Crippen LogP contribution is -2.17. The van der Waals surface area contributed by atoms with Gasteiger partial charge in [-0.1, -0.05) is 28.1 Å². The van der Waals surface area contributed by atoms with Gasteiger partial charge in [-0.15, -0.1) is 0 Å². The van der Waals surface area contributed by atoms with Gasteiger partial charge in [0, 0.05) is 23.5 Å². The Kier molecular flexibility index (Phi) is 4.14. The highest BCUT2D eigenvalue weighted by Gasteiger charge is 2.14. The van der Waals surface area contributed by atoms with Crippen LogP contribution in [0.1, 0.15) is 29.9 Å². The maximum Gasteiger partial charge on any atom is 0.138 e. The molecule has 1 aromatic heterocycles. The summed E-state index contributed by atoms with van der Waals surface area (Å²) in [6.45, 7) is 4.93. The Hall–Kier alpha value is -1.20. The summed E-state index contributed by atoms with van der Waals surface area (Å²) in [5.41, 5.74) is 8.57. The van der Waals surface area contributed by atoms with Gasteiger partial charge in [-0.05, 0) is 31.0 Å². The first kappa shape index (κ1) is 13.2. The molecule has 0 aliphatic heterocycles. The minimum absolute atomic E-state index is 0.0746. The van der Waals surface area contributed by atoms with E-state index in [1.807, 2.05) is 11.6 Å². The van der Waals surface area contributed by atoms with Crippen LogP contribution in [0.25, 0.3) is 0 Å². The second kappa shape index (κ2) is 5.63. The van der Waals surface area contributed by atoms with Crippen LogP contribution in [0.5, 0.6) is 0 Å². The van der Waals surface area contributed by atoms with E-state index >= 15 is 0 Å². The molecular formula is C13H17BrN4. The molecule has 4 nitrogen and oxygen atoms in total. The first-order valence-corrected chi connectivity index (χ1v) is 6.79. The maximum absolute atomic E-state index is 6.25. The predicted octanol–water partition coefficient (Wildman–Crippen LogP) is 2.61. The zero-order valence-corrected chi connectivity index (χ0v) is 12.2. The van der Waals surface area contributed by atoms with E-state index in [1.165, 1.54) is 5.56 Å². The molecule has 0 radical (unpaired) electrons. The Morgan fingerprint density at radius 2 is 2.22 bits per heavy atom. The van der Waals surface area contributed by atoms with Crippen LogP contribution >= 0.6 is 15.9 Å². The highest BCUT2D eigenvalue weighted by atomic mass is 79.9. The molecule has 1 aromatic carbocycles. The average Bonchev–Trinajstić information content (AvgIpc) is 2.76. The van der Waals surface area contributed by atoms with Crippen molar-refractivity contribution in [2.75, 3.05) is 0 Å². The highest BCUT2D eigenvalue weighted by Crippen LogP contribution is 2.25. The van der Waals surface area contributed by atoms with Crippen molar-refractivity contribution < 1.29 is 0 Å². The minimum atomic E-state index is -0.0746. The zero-order valence-electron chi connectivity index (χ0n) is 10.6. The quantitative estimate of drug-likeness (QED) is 0.944. The number of halogens is 1. The Balaban J connectivity index is 2.19. The van der Waals surface area contributed by atoms with E-state index in [0.29, 0.717) is 6.42 Å². The molecule has 0 saturated heterocycles. The number of hydrogen-bond donors (Lipinski definition) is 1. The van der Waals surface area contributed by atoms with Crippen LogP contribution in [-0.4, -0.2) is 14.8 Å². The van der Waals surface area contributed by atoms with E-state index in [9.17, 15) is 0 Å². The fourth-order valence-corrected chi connectivity index (χ4v) is 2.74. The van der Waals surface area contributed by atoms with Crippen LogP contribution in [0.15, 0.2) is 29.0 Å². The van der Waals surface area contributed by atoms with Crippen LogP contribution in [0.3, 0.4) is 0 Å². The van der Waals surface area contributed by atoms with E-state index in [4.69, 9.17) is 5.73 Å². The zero-order chi connectivity index (χ0) is 13.1. The van der Waals surface area contributed by atoms with Gasteiger partial charge in [-0.25, -0.2) is 4.98 Å². The number of rotatable bonds is 4. The van der Waals surface area contributed by atoms with Crippen molar-refractivity contribution >= 4 is 15.9 Å². The summed E-state index contributed by atoms with van der Waals surface area (Å²) < 4.78 is 2.93. The third kappa shape index (κ3) is 2.79. The van der Waals surface area contributed by atoms with Crippen LogP contribution in [-0.2, 0) is 13.0 Å². The van der Waals surface area contributed by atoms with Crippen LogP contribution in [0.4, 0.5) is 0 Å². The van der Waals surface area contributed by atoms with Crippen LogP contribution < -0.4 is 5.73 Å². The summed E-state index contributed by atoms with van der Waals surface area (Å²) in [6, 6.07) is 6.15. The molecule has 0 aliphatic carbocycles. The Morgan fingerprint density at radius 1 is 1.44 bits per heavy atom. The molecule has 0 fully saturated rings. The van der Waals surface area contributed by atoms with Crippen molar-refractivity contribution in [2.24, 2.45) is 5.73 Å². The van der Waals surface area contributed by atoms with Crippen LogP contribution in [0, 0.1) is 6.92 Å². The first-order chi connectivity index (χ1) is 8.61. The highest BCUT2D eigenvalue weighted by molar-refractivity contribution is 9.10. The molecule has 18 heavy (non-hydrogen) atoms. The van der Waals surface area contributed by atoms with Gasteiger partial charge in [0.25, 0.3) is 0 Å². The molecule has 1 atom stereocenters. The molecule has 2 rings (SSSR count). The Labute approximate surface area is 115 Å². The lowest BCUT2D eigenvalue weighted by molar-refractivity contribution is 0.580. The van der Waals surface area contributed by atoms with Crippen molar-refractivity contribution in [3.8, 4) is 0 Å². The van der Waals surface area contributed by atoms with E-state index < -0.39 is 0 Å². The summed E-state index contributed by atoms with van der Waals surface area (Å²) in [6.07, 6.45) is 2.27. The molecule has 0 spiro atoms. The number of nitrogens with two attached hydrogens (primary N) is 1. The summed E-state index contributed by atoms with van der Waals surface area (Å²) in [4.78, 5) is 4.26. The molecule has 2 aromatic rings. The first-order valence-electron chi connectivity index (χ1n) is 6.00. The summed E-state index contributed by atoms with van der Waals surface area (Å²) in [5, 5.41) is 4.16. The van der Waals surface area contributed by atoms with Gasteiger partial charge in [0.15, 0.2) is 0 Å². The van der Waals surface area contributed by atoms with Gasteiger partial charge in [0.2, 0.25) is 0 Å². The number of aromatic nitrogens is 3. The minimum Gasteiger partial charge on any atom is -0.324 e. The van der Waals surface area contributed by atoms with Gasteiger partial charge in [0.1, 0.15) is 12.2 Å². The maximum atomic E-state index is 6.25. The SMILES string of the molecule is CCn1ncnc1CC(N)c1ccc(C)cc1Br. The Bertz CT molecular complexity index is 536. The monoisotopic (exact) mass is 308 g/mol. The molecule has 5 heteroatoms. The number of hydrogen-bond acceptors (Lipinski definition) is 3. The molecule has 0 saturated carbocycles. The van der Waals surface area contributed by atoms with E-state index in [-0.39, 0.29) is 6.04 Å². The molecule has 1 heterocycles. The molecule has 0 aliphatic rings. The van der Waals surface area contributed by atoms with Gasteiger partial charge in [0.05, 0.1) is 0 Å².